The molecule has 0 radical (unpaired) electrons. The van der Waals surface area contributed by atoms with Crippen LogP contribution in [-0.2, 0) is 4.84 Å². The highest BCUT2D eigenvalue weighted by Gasteiger charge is 1.97. The average Bonchev–Trinajstić information content (AvgIpc) is 2.18. The minimum atomic E-state index is 0.198. The number of nitrogens with one attached hydrogen (secondary N) is 1. The van der Waals surface area contributed by atoms with Crippen molar-refractivity contribution < 1.29 is 4.84 Å². The fourth-order valence-corrected chi connectivity index (χ4v) is 1.28. The van der Waals surface area contributed by atoms with E-state index in [1.807, 2.05) is 23.8 Å². The van der Waals surface area contributed by atoms with E-state index in [0.717, 1.165) is 5.56 Å². The smallest absolute Gasteiger partial charge is 0.105 e. The Hall–Kier alpha value is -0.580. The normalized spacial score (nSPS) is 11.8. The van der Waals surface area contributed by atoms with Gasteiger partial charge in [0, 0.05) is 10.1 Å². The van der Waals surface area contributed by atoms with Gasteiger partial charge in [0.25, 0.3) is 0 Å². The van der Waals surface area contributed by atoms with Crippen molar-refractivity contribution in [3.8, 4) is 0 Å². The molecule has 3 nitrogen and oxygen atoms in total. The average molecular weight is 233 g/mol. The summed E-state index contributed by atoms with van der Waals surface area (Å²) in [5.41, 5.74) is 2.89. The summed E-state index contributed by atoms with van der Waals surface area (Å²) in [4.78, 5) is 4.69. The number of halogens is 2. The monoisotopic (exact) mass is 232 g/mol. The predicted molar refractivity (Wildman–Crippen MR) is 58.6 cm³/mol. The van der Waals surface area contributed by atoms with Crippen LogP contribution in [0.25, 0.3) is 6.08 Å². The second-order valence-corrected chi connectivity index (χ2v) is 3.41. The van der Waals surface area contributed by atoms with Gasteiger partial charge in [-0.15, -0.1) is 5.59 Å². The highest BCUT2D eigenvalue weighted by molar-refractivity contribution is 6.34. The summed E-state index contributed by atoms with van der Waals surface area (Å²) in [7, 11) is 0. The van der Waals surface area contributed by atoms with Gasteiger partial charge in [-0.3, -0.25) is 4.84 Å². The topological polar surface area (TPSA) is 47.3 Å². The Morgan fingerprint density at radius 1 is 1.50 bits per heavy atom. The summed E-state index contributed by atoms with van der Waals surface area (Å²) >= 11 is 11.8. The molecule has 0 saturated carbocycles. The number of hydrogen-bond acceptors (Lipinski definition) is 3. The van der Waals surface area contributed by atoms with E-state index < -0.39 is 0 Å². The molecule has 14 heavy (non-hydrogen) atoms. The first-order valence-electron chi connectivity index (χ1n) is 3.92. The lowest BCUT2D eigenvalue weighted by Crippen LogP contribution is -2.22. The number of hydrogen-bond donors (Lipinski definition) is 2. The van der Waals surface area contributed by atoms with E-state index >= 15 is 0 Å². The minimum absolute atomic E-state index is 0.198. The van der Waals surface area contributed by atoms with Gasteiger partial charge in [0.1, 0.15) is 6.61 Å². The van der Waals surface area contributed by atoms with E-state index in [2.05, 4.69) is 0 Å². The first-order chi connectivity index (χ1) is 6.74. The van der Waals surface area contributed by atoms with Crippen LogP contribution in [0.2, 0.25) is 5.02 Å². The molecule has 3 N–H and O–H groups in total. The van der Waals surface area contributed by atoms with E-state index in [4.69, 9.17) is 33.9 Å². The molecule has 0 atom stereocenters. The summed E-state index contributed by atoms with van der Waals surface area (Å²) < 4.78 is 0. The molecule has 5 heteroatoms. The molecule has 0 amide bonds. The molecule has 0 fully saturated rings. The zero-order valence-corrected chi connectivity index (χ0v) is 8.85. The number of rotatable bonds is 4. The van der Waals surface area contributed by atoms with Gasteiger partial charge < -0.3 is 0 Å². The summed E-state index contributed by atoms with van der Waals surface area (Å²) in [6, 6.07) is 7.38. The quantitative estimate of drug-likeness (QED) is 0.619. The summed E-state index contributed by atoms with van der Waals surface area (Å²) in [6.07, 6.45) is 1.72. The molecule has 0 saturated heterocycles. The second-order valence-electron chi connectivity index (χ2n) is 2.52. The van der Waals surface area contributed by atoms with Gasteiger partial charge in [0.15, 0.2) is 0 Å². The molecule has 1 rings (SSSR count). The molecule has 0 spiro atoms. The molecular weight excluding hydrogens is 223 g/mol. The Labute approximate surface area is 92.4 Å². The van der Waals surface area contributed by atoms with Crippen LogP contribution in [-0.4, -0.2) is 6.61 Å². The zero-order chi connectivity index (χ0) is 10.4. The van der Waals surface area contributed by atoms with Crippen LogP contribution in [0.4, 0.5) is 0 Å². The highest BCUT2D eigenvalue weighted by Crippen LogP contribution is 2.19. The predicted octanol–water partition coefficient (Wildman–Crippen LogP) is 2.31. The van der Waals surface area contributed by atoms with Crippen molar-refractivity contribution in [3.63, 3.8) is 0 Å². The lowest BCUT2D eigenvalue weighted by molar-refractivity contribution is 0.0614. The third-order valence-corrected chi connectivity index (χ3v) is 2.07. The van der Waals surface area contributed by atoms with Gasteiger partial charge in [-0.2, -0.15) is 0 Å². The van der Waals surface area contributed by atoms with Crippen LogP contribution in [0.5, 0.6) is 0 Å². The molecule has 1 aromatic rings. The molecule has 0 aliphatic carbocycles. The Bertz CT molecular complexity index is 328. The molecule has 0 aromatic heterocycles. The third-order valence-electron chi connectivity index (χ3n) is 1.51. The first kappa shape index (κ1) is 11.5. The number of nitrogens with two attached hydrogens (primary N) is 1. The van der Waals surface area contributed by atoms with Crippen molar-refractivity contribution in [3.05, 3.63) is 39.9 Å². The maximum Gasteiger partial charge on any atom is 0.105 e. The van der Waals surface area contributed by atoms with E-state index in [-0.39, 0.29) is 6.61 Å². The van der Waals surface area contributed by atoms with Crippen molar-refractivity contribution in [2.45, 2.75) is 0 Å². The Morgan fingerprint density at radius 2 is 2.21 bits per heavy atom. The standard InChI is InChI=1S/C9H10Cl2N2O/c10-8(6-14-13-12)5-7-3-1-2-4-9(7)11/h1-5,13H,6,12H2/b8-5-. The Balaban J connectivity index is 2.71. The number of hydrazine groups is 1. The Morgan fingerprint density at radius 3 is 2.86 bits per heavy atom. The molecule has 1 aromatic carbocycles. The van der Waals surface area contributed by atoms with Gasteiger partial charge in [-0.25, -0.2) is 5.84 Å². The van der Waals surface area contributed by atoms with E-state index in [9.17, 15) is 0 Å². The molecule has 0 aliphatic rings. The maximum atomic E-state index is 5.92. The lowest BCUT2D eigenvalue weighted by atomic mass is 10.2. The fraction of sp³-hybridized carbons (Fsp3) is 0.111. The van der Waals surface area contributed by atoms with E-state index in [0.29, 0.717) is 10.1 Å². The van der Waals surface area contributed by atoms with Crippen molar-refractivity contribution in [1.29, 1.82) is 0 Å². The first-order valence-corrected chi connectivity index (χ1v) is 4.67. The molecule has 0 aliphatic heterocycles. The maximum absolute atomic E-state index is 5.92. The summed E-state index contributed by atoms with van der Waals surface area (Å²) in [5, 5.41) is 1.16. The van der Waals surface area contributed by atoms with Crippen LogP contribution >= 0.6 is 23.2 Å². The summed E-state index contributed by atoms with van der Waals surface area (Å²) in [5.74, 6) is 4.92. The third kappa shape index (κ3) is 3.65. The zero-order valence-electron chi connectivity index (χ0n) is 7.34. The van der Waals surface area contributed by atoms with Crippen molar-refractivity contribution in [2.75, 3.05) is 6.61 Å². The summed E-state index contributed by atoms with van der Waals surface area (Å²) in [6.45, 7) is 0.198. The van der Waals surface area contributed by atoms with Gasteiger partial charge >= 0.3 is 0 Å². The Kier molecular flexibility index (Phi) is 4.93. The van der Waals surface area contributed by atoms with Crippen LogP contribution in [0.15, 0.2) is 29.3 Å². The molecule has 0 unspecified atom stereocenters. The second kappa shape index (κ2) is 6.01. The van der Waals surface area contributed by atoms with Gasteiger partial charge in [0.2, 0.25) is 0 Å². The van der Waals surface area contributed by atoms with Gasteiger partial charge in [-0.1, -0.05) is 41.4 Å². The van der Waals surface area contributed by atoms with Crippen LogP contribution in [0, 0.1) is 0 Å². The highest BCUT2D eigenvalue weighted by atomic mass is 35.5. The van der Waals surface area contributed by atoms with E-state index in [1.54, 1.807) is 12.1 Å². The molecule has 0 heterocycles. The van der Waals surface area contributed by atoms with Gasteiger partial charge in [0.05, 0.1) is 0 Å². The largest absolute Gasteiger partial charge is 0.282 e. The molecule has 0 bridgehead atoms. The van der Waals surface area contributed by atoms with Crippen molar-refractivity contribution in [1.82, 2.24) is 5.59 Å². The van der Waals surface area contributed by atoms with Crippen LogP contribution < -0.4 is 11.4 Å². The van der Waals surface area contributed by atoms with E-state index in [1.165, 1.54) is 0 Å². The van der Waals surface area contributed by atoms with Crippen LogP contribution in [0.3, 0.4) is 0 Å². The number of benzene rings is 1. The van der Waals surface area contributed by atoms with Crippen LogP contribution in [0.1, 0.15) is 5.56 Å². The SMILES string of the molecule is NNOC/C(Cl)=C/c1ccccc1Cl. The minimum Gasteiger partial charge on any atom is -0.282 e. The van der Waals surface area contributed by atoms with Gasteiger partial charge in [-0.05, 0) is 17.7 Å². The fourth-order valence-electron chi connectivity index (χ4n) is 0.913. The van der Waals surface area contributed by atoms with Crippen molar-refractivity contribution in [2.24, 2.45) is 5.84 Å². The lowest BCUT2D eigenvalue weighted by Gasteiger charge is -2.01. The molecule has 76 valence electrons. The van der Waals surface area contributed by atoms with Crippen molar-refractivity contribution >= 4 is 29.3 Å². The molecular formula is C9H10Cl2N2O.